The van der Waals surface area contributed by atoms with E-state index in [4.69, 9.17) is 4.42 Å². The summed E-state index contributed by atoms with van der Waals surface area (Å²) in [4.78, 5) is 0. The lowest BCUT2D eigenvalue weighted by molar-refractivity contribution is 0.380. The summed E-state index contributed by atoms with van der Waals surface area (Å²) in [5, 5.41) is 3.38. The Kier molecular flexibility index (Phi) is 3.15. The molecule has 74 valence electrons. The highest BCUT2D eigenvalue weighted by Crippen LogP contribution is 2.09. The zero-order chi connectivity index (χ0) is 9.90. The fourth-order valence-electron chi connectivity index (χ4n) is 1.06. The fraction of sp³-hybridized carbons (Fsp3) is 0.636. The van der Waals surface area contributed by atoms with Gasteiger partial charge in [0, 0.05) is 12.0 Å². The van der Waals surface area contributed by atoms with E-state index in [9.17, 15) is 0 Å². The number of rotatable bonds is 3. The molecule has 1 rings (SSSR count). The van der Waals surface area contributed by atoms with E-state index in [1.54, 1.807) is 0 Å². The summed E-state index contributed by atoms with van der Waals surface area (Å²) in [5.41, 5.74) is 0.152. The summed E-state index contributed by atoms with van der Waals surface area (Å²) in [6, 6.07) is 4.08. The molecule has 13 heavy (non-hydrogen) atoms. The Labute approximate surface area is 80.3 Å². The quantitative estimate of drug-likeness (QED) is 0.775. The SMILES string of the molecule is CCc1ccc(CNC(C)(C)C)o1. The largest absolute Gasteiger partial charge is 0.465 e. The lowest BCUT2D eigenvalue weighted by Crippen LogP contribution is -2.34. The van der Waals surface area contributed by atoms with Gasteiger partial charge in [-0.15, -0.1) is 0 Å². The summed E-state index contributed by atoms with van der Waals surface area (Å²) < 4.78 is 5.57. The lowest BCUT2D eigenvalue weighted by Gasteiger charge is -2.19. The van der Waals surface area contributed by atoms with Crippen molar-refractivity contribution >= 4 is 0 Å². The van der Waals surface area contributed by atoms with Gasteiger partial charge >= 0.3 is 0 Å². The second-order valence-electron chi connectivity index (χ2n) is 4.33. The van der Waals surface area contributed by atoms with Gasteiger partial charge in [0.15, 0.2) is 0 Å². The molecule has 0 saturated carbocycles. The van der Waals surface area contributed by atoms with E-state index < -0.39 is 0 Å². The van der Waals surface area contributed by atoms with Gasteiger partial charge in [0.1, 0.15) is 11.5 Å². The summed E-state index contributed by atoms with van der Waals surface area (Å²) in [6.07, 6.45) is 0.968. The molecule has 0 aliphatic carbocycles. The molecule has 2 nitrogen and oxygen atoms in total. The Morgan fingerprint density at radius 3 is 2.31 bits per heavy atom. The smallest absolute Gasteiger partial charge is 0.117 e. The van der Waals surface area contributed by atoms with Crippen LogP contribution in [0.1, 0.15) is 39.2 Å². The third-order valence-electron chi connectivity index (χ3n) is 1.86. The molecule has 1 aromatic heterocycles. The first-order valence-electron chi connectivity index (χ1n) is 4.84. The van der Waals surface area contributed by atoms with Crippen LogP contribution in [-0.2, 0) is 13.0 Å². The van der Waals surface area contributed by atoms with Crippen molar-refractivity contribution in [2.75, 3.05) is 0 Å². The molecular weight excluding hydrogens is 162 g/mol. The van der Waals surface area contributed by atoms with Crippen LogP contribution in [-0.4, -0.2) is 5.54 Å². The van der Waals surface area contributed by atoms with Gasteiger partial charge in [-0.25, -0.2) is 0 Å². The van der Waals surface area contributed by atoms with Crippen molar-refractivity contribution in [2.45, 2.75) is 46.2 Å². The molecule has 0 bridgehead atoms. The molecule has 0 aromatic carbocycles. The minimum absolute atomic E-state index is 0.152. The summed E-state index contributed by atoms with van der Waals surface area (Å²) >= 11 is 0. The van der Waals surface area contributed by atoms with Crippen LogP contribution in [0, 0.1) is 0 Å². The molecule has 0 saturated heterocycles. The van der Waals surface area contributed by atoms with Crippen molar-refractivity contribution in [3.63, 3.8) is 0 Å². The number of nitrogens with one attached hydrogen (secondary N) is 1. The van der Waals surface area contributed by atoms with Crippen molar-refractivity contribution in [1.82, 2.24) is 5.32 Å². The van der Waals surface area contributed by atoms with Gasteiger partial charge in [-0.2, -0.15) is 0 Å². The highest BCUT2D eigenvalue weighted by molar-refractivity contribution is 5.07. The lowest BCUT2D eigenvalue weighted by atomic mass is 10.1. The predicted octanol–water partition coefficient (Wildman–Crippen LogP) is 2.73. The van der Waals surface area contributed by atoms with Crippen LogP contribution in [0.2, 0.25) is 0 Å². The first kappa shape index (κ1) is 10.3. The maximum absolute atomic E-state index is 5.57. The van der Waals surface area contributed by atoms with Crippen LogP contribution in [0.5, 0.6) is 0 Å². The Bertz CT molecular complexity index is 257. The van der Waals surface area contributed by atoms with E-state index in [1.807, 2.05) is 12.1 Å². The van der Waals surface area contributed by atoms with E-state index in [0.29, 0.717) is 0 Å². The molecule has 2 heteroatoms. The van der Waals surface area contributed by atoms with Crippen LogP contribution in [0.25, 0.3) is 0 Å². The molecule has 0 aliphatic heterocycles. The first-order chi connectivity index (χ1) is 6.01. The molecule has 0 radical (unpaired) electrons. The normalized spacial score (nSPS) is 12.0. The Morgan fingerprint density at radius 1 is 1.23 bits per heavy atom. The van der Waals surface area contributed by atoms with Crippen LogP contribution in [0.3, 0.4) is 0 Å². The third kappa shape index (κ3) is 3.64. The van der Waals surface area contributed by atoms with Crippen molar-refractivity contribution in [1.29, 1.82) is 0 Å². The van der Waals surface area contributed by atoms with Crippen LogP contribution >= 0.6 is 0 Å². The maximum atomic E-state index is 5.57. The molecule has 0 amide bonds. The van der Waals surface area contributed by atoms with Crippen molar-refractivity contribution in [2.24, 2.45) is 0 Å². The standard InChI is InChI=1S/C11H19NO/c1-5-9-6-7-10(13-9)8-12-11(2,3)4/h6-7,12H,5,8H2,1-4H3. The Morgan fingerprint density at radius 2 is 1.85 bits per heavy atom. The molecule has 1 heterocycles. The minimum atomic E-state index is 0.152. The number of aryl methyl sites for hydroxylation is 1. The van der Waals surface area contributed by atoms with Gasteiger partial charge in [0.05, 0.1) is 6.54 Å². The number of hydrogen-bond acceptors (Lipinski definition) is 2. The van der Waals surface area contributed by atoms with Gasteiger partial charge < -0.3 is 9.73 Å². The Hall–Kier alpha value is -0.760. The first-order valence-corrected chi connectivity index (χ1v) is 4.84. The number of furan rings is 1. The molecule has 0 fully saturated rings. The molecule has 1 N–H and O–H groups in total. The average molecular weight is 181 g/mol. The summed E-state index contributed by atoms with van der Waals surface area (Å²) in [6.45, 7) is 9.35. The van der Waals surface area contributed by atoms with E-state index in [0.717, 1.165) is 24.5 Å². The molecular formula is C11H19NO. The molecule has 0 aliphatic rings. The zero-order valence-corrected chi connectivity index (χ0v) is 8.98. The second-order valence-corrected chi connectivity index (χ2v) is 4.33. The topological polar surface area (TPSA) is 25.2 Å². The maximum Gasteiger partial charge on any atom is 0.117 e. The highest BCUT2D eigenvalue weighted by Gasteiger charge is 2.09. The third-order valence-corrected chi connectivity index (χ3v) is 1.86. The van der Waals surface area contributed by atoms with E-state index in [2.05, 4.69) is 33.0 Å². The molecule has 0 unspecified atom stereocenters. The molecule has 1 aromatic rings. The van der Waals surface area contributed by atoms with Gasteiger partial charge in [-0.3, -0.25) is 0 Å². The van der Waals surface area contributed by atoms with Crippen molar-refractivity contribution < 1.29 is 4.42 Å². The zero-order valence-electron chi connectivity index (χ0n) is 8.98. The van der Waals surface area contributed by atoms with E-state index >= 15 is 0 Å². The van der Waals surface area contributed by atoms with Gasteiger partial charge in [0.25, 0.3) is 0 Å². The van der Waals surface area contributed by atoms with E-state index in [1.165, 1.54) is 0 Å². The number of hydrogen-bond donors (Lipinski definition) is 1. The average Bonchev–Trinajstić information content (AvgIpc) is 2.47. The molecule has 0 atom stereocenters. The fourth-order valence-corrected chi connectivity index (χ4v) is 1.06. The minimum Gasteiger partial charge on any atom is -0.465 e. The van der Waals surface area contributed by atoms with Crippen molar-refractivity contribution in [3.8, 4) is 0 Å². The van der Waals surface area contributed by atoms with Crippen molar-refractivity contribution in [3.05, 3.63) is 23.7 Å². The summed E-state index contributed by atoms with van der Waals surface area (Å²) in [7, 11) is 0. The van der Waals surface area contributed by atoms with E-state index in [-0.39, 0.29) is 5.54 Å². The van der Waals surface area contributed by atoms with Gasteiger partial charge in [-0.1, -0.05) is 6.92 Å². The second kappa shape index (κ2) is 3.97. The van der Waals surface area contributed by atoms with Gasteiger partial charge in [-0.05, 0) is 32.9 Å². The predicted molar refractivity (Wildman–Crippen MR) is 54.7 cm³/mol. The van der Waals surface area contributed by atoms with Gasteiger partial charge in [0.2, 0.25) is 0 Å². The van der Waals surface area contributed by atoms with Crippen LogP contribution < -0.4 is 5.32 Å². The van der Waals surface area contributed by atoms with Crippen LogP contribution in [0.4, 0.5) is 0 Å². The summed E-state index contributed by atoms with van der Waals surface area (Å²) in [5.74, 6) is 2.08. The van der Waals surface area contributed by atoms with Crippen LogP contribution in [0.15, 0.2) is 16.5 Å². The molecule has 0 spiro atoms. The Balaban J connectivity index is 2.46. The monoisotopic (exact) mass is 181 g/mol. The highest BCUT2D eigenvalue weighted by atomic mass is 16.3.